The lowest BCUT2D eigenvalue weighted by molar-refractivity contribution is -0.141. The van der Waals surface area contributed by atoms with Gasteiger partial charge in [0.25, 0.3) is 0 Å². The van der Waals surface area contributed by atoms with Gasteiger partial charge in [0.2, 0.25) is 11.8 Å². The molecule has 0 spiro atoms. The van der Waals surface area contributed by atoms with Crippen molar-refractivity contribution in [1.29, 1.82) is 0 Å². The molecule has 0 aliphatic carbocycles. The third-order valence-corrected chi connectivity index (χ3v) is 7.18. The van der Waals surface area contributed by atoms with E-state index in [9.17, 15) is 9.59 Å². The van der Waals surface area contributed by atoms with E-state index in [-0.39, 0.29) is 17.7 Å². The van der Waals surface area contributed by atoms with Gasteiger partial charge in [-0.1, -0.05) is 0 Å². The van der Waals surface area contributed by atoms with E-state index in [1.165, 1.54) is 0 Å². The van der Waals surface area contributed by atoms with Crippen molar-refractivity contribution in [1.82, 2.24) is 24.5 Å². The first-order valence-corrected chi connectivity index (χ1v) is 11.1. The largest absolute Gasteiger partial charge is 0.342 e. The number of likely N-dealkylation sites (tertiary alicyclic amines) is 3. The van der Waals surface area contributed by atoms with Crippen molar-refractivity contribution in [3.63, 3.8) is 0 Å². The predicted octanol–water partition coefficient (Wildman–Crippen LogP) is 1.68. The minimum absolute atomic E-state index is 0.150. The van der Waals surface area contributed by atoms with Gasteiger partial charge in [0.1, 0.15) is 0 Å². The number of aryl methyl sites for hydroxylation is 3. The minimum atomic E-state index is -0.414. The molecular formula is C22H35N5O2. The van der Waals surface area contributed by atoms with E-state index in [0.29, 0.717) is 32.1 Å². The van der Waals surface area contributed by atoms with E-state index in [0.717, 1.165) is 50.4 Å². The molecule has 160 valence electrons. The molecule has 29 heavy (non-hydrogen) atoms. The fourth-order valence-electron chi connectivity index (χ4n) is 5.49. The second kappa shape index (κ2) is 7.74. The quantitative estimate of drug-likeness (QED) is 0.753. The van der Waals surface area contributed by atoms with Crippen LogP contribution in [0, 0.1) is 25.2 Å². The third kappa shape index (κ3) is 3.69. The molecule has 3 saturated heterocycles. The van der Waals surface area contributed by atoms with E-state index < -0.39 is 5.41 Å². The molecule has 3 fully saturated rings. The van der Waals surface area contributed by atoms with E-state index >= 15 is 0 Å². The zero-order valence-electron chi connectivity index (χ0n) is 18.4. The minimum Gasteiger partial charge on any atom is -0.342 e. The summed E-state index contributed by atoms with van der Waals surface area (Å²) < 4.78 is 1.91. The molecule has 2 atom stereocenters. The number of nitrogens with zero attached hydrogens (tertiary/aromatic N) is 5. The fraction of sp³-hybridized carbons (Fsp3) is 0.773. The Labute approximate surface area is 174 Å². The highest BCUT2D eigenvalue weighted by molar-refractivity contribution is 5.87. The molecule has 2 amide bonds. The van der Waals surface area contributed by atoms with E-state index in [1.807, 2.05) is 29.5 Å². The van der Waals surface area contributed by atoms with Crippen LogP contribution in [0.2, 0.25) is 0 Å². The first kappa shape index (κ1) is 20.4. The number of aromatic nitrogens is 2. The number of amides is 2. The van der Waals surface area contributed by atoms with E-state index in [1.54, 1.807) is 0 Å². The van der Waals surface area contributed by atoms with Crippen LogP contribution in [0.5, 0.6) is 0 Å². The van der Waals surface area contributed by atoms with Gasteiger partial charge in [-0.05, 0) is 46.6 Å². The number of carbonyl (C=O) groups is 2. The zero-order valence-corrected chi connectivity index (χ0v) is 18.4. The number of hydrogen-bond donors (Lipinski definition) is 0. The molecule has 0 bridgehead atoms. The molecule has 1 aromatic heterocycles. The number of fused-ring (bicyclic) bond motifs is 1. The summed E-state index contributed by atoms with van der Waals surface area (Å²) >= 11 is 0. The Morgan fingerprint density at radius 3 is 2.48 bits per heavy atom. The first-order valence-electron chi connectivity index (χ1n) is 11.1. The van der Waals surface area contributed by atoms with Crippen molar-refractivity contribution in [3.05, 3.63) is 17.5 Å². The maximum atomic E-state index is 13.6. The highest BCUT2D eigenvalue weighted by Gasteiger charge is 2.59. The lowest BCUT2D eigenvalue weighted by Crippen LogP contribution is -2.49. The van der Waals surface area contributed by atoms with Crippen LogP contribution < -0.4 is 0 Å². The van der Waals surface area contributed by atoms with Crippen molar-refractivity contribution in [2.75, 3.05) is 39.3 Å². The molecule has 4 rings (SSSR count). The van der Waals surface area contributed by atoms with E-state index in [2.05, 4.69) is 28.7 Å². The van der Waals surface area contributed by atoms with Gasteiger partial charge in [-0.2, -0.15) is 5.10 Å². The lowest BCUT2D eigenvalue weighted by atomic mass is 9.79. The predicted molar refractivity (Wildman–Crippen MR) is 111 cm³/mol. The monoisotopic (exact) mass is 401 g/mol. The van der Waals surface area contributed by atoms with Gasteiger partial charge in [0, 0.05) is 69.9 Å². The Morgan fingerprint density at radius 2 is 1.86 bits per heavy atom. The fourth-order valence-corrected chi connectivity index (χ4v) is 5.49. The Bertz CT molecular complexity index is 782. The van der Waals surface area contributed by atoms with Crippen molar-refractivity contribution < 1.29 is 9.59 Å². The molecule has 4 heterocycles. The standard InChI is InChI=1S/C22H35N5O2/c1-16(2)25-12-19-13-26(20(28)7-10-27-18(4)11-17(3)23-27)15-22(19,14-25)21(29)24-8-5-6-9-24/h11,16,19H,5-10,12-15H2,1-4H3/t19-,22-/m0/s1. The van der Waals surface area contributed by atoms with Crippen LogP contribution in [-0.2, 0) is 16.1 Å². The molecule has 0 radical (unpaired) electrons. The first-order chi connectivity index (χ1) is 13.8. The zero-order chi connectivity index (χ0) is 20.8. The molecular weight excluding hydrogens is 366 g/mol. The van der Waals surface area contributed by atoms with Crippen molar-refractivity contribution in [2.45, 2.75) is 59.5 Å². The second-order valence-corrected chi connectivity index (χ2v) is 9.55. The highest BCUT2D eigenvalue weighted by atomic mass is 16.2. The molecule has 0 N–H and O–H groups in total. The van der Waals surface area contributed by atoms with Crippen LogP contribution in [0.15, 0.2) is 6.07 Å². The molecule has 0 saturated carbocycles. The maximum Gasteiger partial charge on any atom is 0.232 e. The van der Waals surface area contributed by atoms with Crippen LogP contribution in [0.4, 0.5) is 0 Å². The van der Waals surface area contributed by atoms with Crippen molar-refractivity contribution >= 4 is 11.8 Å². The van der Waals surface area contributed by atoms with E-state index in [4.69, 9.17) is 0 Å². The van der Waals surface area contributed by atoms with Gasteiger partial charge >= 0.3 is 0 Å². The summed E-state index contributed by atoms with van der Waals surface area (Å²) in [6.45, 7) is 13.7. The Morgan fingerprint density at radius 1 is 1.14 bits per heavy atom. The normalized spacial score (nSPS) is 27.3. The van der Waals surface area contributed by atoms with Gasteiger partial charge in [0.15, 0.2) is 0 Å². The SMILES string of the molecule is Cc1cc(C)n(CCC(=O)N2C[C@@H]3CN(C(C)C)C[C@]3(C(=O)N3CCCC3)C2)n1. The summed E-state index contributed by atoms with van der Waals surface area (Å²) in [7, 11) is 0. The second-order valence-electron chi connectivity index (χ2n) is 9.55. The number of carbonyl (C=O) groups excluding carboxylic acids is 2. The molecule has 7 heteroatoms. The Kier molecular flexibility index (Phi) is 5.44. The van der Waals surface area contributed by atoms with Crippen molar-refractivity contribution in [2.24, 2.45) is 11.3 Å². The van der Waals surface area contributed by atoms with Crippen LogP contribution in [0.3, 0.4) is 0 Å². The summed E-state index contributed by atoms with van der Waals surface area (Å²) in [5, 5.41) is 4.47. The number of hydrogen-bond acceptors (Lipinski definition) is 4. The smallest absolute Gasteiger partial charge is 0.232 e. The van der Waals surface area contributed by atoms with Crippen LogP contribution >= 0.6 is 0 Å². The summed E-state index contributed by atoms with van der Waals surface area (Å²) in [6, 6.07) is 2.47. The van der Waals surface area contributed by atoms with Gasteiger partial charge in [0.05, 0.1) is 11.1 Å². The summed E-state index contributed by atoms with van der Waals surface area (Å²) in [5.74, 6) is 0.685. The van der Waals surface area contributed by atoms with Gasteiger partial charge < -0.3 is 9.80 Å². The van der Waals surface area contributed by atoms with Gasteiger partial charge in [-0.15, -0.1) is 0 Å². The van der Waals surface area contributed by atoms with Gasteiger partial charge in [-0.3, -0.25) is 19.2 Å². The molecule has 1 aromatic rings. The maximum absolute atomic E-state index is 13.6. The average molecular weight is 402 g/mol. The van der Waals surface area contributed by atoms with Gasteiger partial charge in [-0.25, -0.2) is 0 Å². The molecule has 0 aromatic carbocycles. The van der Waals surface area contributed by atoms with Crippen molar-refractivity contribution in [3.8, 4) is 0 Å². The molecule has 3 aliphatic rings. The van der Waals surface area contributed by atoms with Crippen LogP contribution in [0.1, 0.15) is 44.5 Å². The summed E-state index contributed by atoms with van der Waals surface area (Å²) in [6.07, 6.45) is 2.65. The Hall–Kier alpha value is -1.89. The summed E-state index contributed by atoms with van der Waals surface area (Å²) in [5.41, 5.74) is 1.65. The topological polar surface area (TPSA) is 61.7 Å². The highest BCUT2D eigenvalue weighted by Crippen LogP contribution is 2.45. The molecule has 3 aliphatic heterocycles. The van der Waals surface area contributed by atoms with Crippen LogP contribution in [-0.4, -0.2) is 81.6 Å². The molecule has 0 unspecified atom stereocenters. The molecule has 7 nitrogen and oxygen atoms in total. The third-order valence-electron chi connectivity index (χ3n) is 7.18. The lowest BCUT2D eigenvalue weighted by Gasteiger charge is -2.33. The Balaban J connectivity index is 1.46. The average Bonchev–Trinajstić information content (AvgIpc) is 3.42. The number of rotatable bonds is 5. The van der Waals surface area contributed by atoms with Crippen LogP contribution in [0.25, 0.3) is 0 Å². The summed E-state index contributed by atoms with van der Waals surface area (Å²) in [4.78, 5) is 33.0.